The molecular weight excluding hydrogens is 452 g/mol. The molecule has 6 rings (SSSR count). The van der Waals surface area contributed by atoms with Crippen LogP contribution in [-0.4, -0.2) is 16.1 Å². The van der Waals surface area contributed by atoms with Gasteiger partial charge in [-0.1, -0.05) is 47.1 Å². The third-order valence-corrected chi connectivity index (χ3v) is 8.44. The van der Waals surface area contributed by atoms with Crippen LogP contribution < -0.4 is 10.6 Å². The van der Waals surface area contributed by atoms with E-state index in [0.29, 0.717) is 23.1 Å². The molecule has 4 nitrogen and oxygen atoms in total. The van der Waals surface area contributed by atoms with Gasteiger partial charge in [-0.15, -0.1) is 0 Å². The molecule has 0 aromatic heterocycles. The molecule has 4 aliphatic rings. The fourth-order valence-electron chi connectivity index (χ4n) is 6.48. The van der Waals surface area contributed by atoms with E-state index in [4.69, 9.17) is 0 Å². The molecule has 4 bridgehead atoms. The molecule has 2 aromatic carbocycles. The number of alkyl halides is 1. The quantitative estimate of drug-likeness (QED) is 0.502. The predicted octanol–water partition coefficient (Wildman–Crippen LogP) is 6.17. The highest BCUT2D eigenvalue weighted by molar-refractivity contribution is 9.10. The number of para-hydroxylation sites is 1. The van der Waals surface area contributed by atoms with Crippen LogP contribution in [0.3, 0.4) is 0 Å². The van der Waals surface area contributed by atoms with Crippen molar-refractivity contribution in [2.75, 3.05) is 10.6 Å². The van der Waals surface area contributed by atoms with Crippen molar-refractivity contribution in [2.24, 2.45) is 17.3 Å². The number of anilines is 2. The van der Waals surface area contributed by atoms with Crippen LogP contribution in [0.4, 0.5) is 11.4 Å². The van der Waals surface area contributed by atoms with E-state index in [0.717, 1.165) is 31.4 Å². The average molecular weight is 481 g/mol. The number of hydrogen-bond donors (Lipinski definition) is 2. The highest BCUT2D eigenvalue weighted by Crippen LogP contribution is 2.64. The molecule has 0 radical (unpaired) electrons. The number of nitrogens with one attached hydrogen (secondary N) is 2. The van der Waals surface area contributed by atoms with Crippen molar-refractivity contribution in [3.8, 4) is 0 Å². The van der Waals surface area contributed by atoms with Crippen LogP contribution in [0.1, 0.15) is 61.4 Å². The third kappa shape index (κ3) is 3.93. The summed E-state index contributed by atoms with van der Waals surface area (Å²) in [5.41, 5.74) is 2.76. The van der Waals surface area contributed by atoms with Crippen molar-refractivity contribution < 1.29 is 9.59 Å². The van der Waals surface area contributed by atoms with Gasteiger partial charge in [-0.3, -0.25) is 9.59 Å². The highest BCUT2D eigenvalue weighted by atomic mass is 79.9. The van der Waals surface area contributed by atoms with E-state index in [9.17, 15) is 9.59 Å². The summed E-state index contributed by atoms with van der Waals surface area (Å²) in [5, 5.41) is 6.12. The monoisotopic (exact) mass is 480 g/mol. The Morgan fingerprint density at radius 2 is 1.65 bits per heavy atom. The van der Waals surface area contributed by atoms with Crippen molar-refractivity contribution in [2.45, 2.75) is 56.2 Å². The second kappa shape index (κ2) is 7.77. The molecule has 2 amide bonds. The van der Waals surface area contributed by atoms with E-state index in [1.807, 2.05) is 42.5 Å². The minimum Gasteiger partial charge on any atom is -0.325 e. The maximum Gasteiger partial charge on any atom is 0.257 e. The third-order valence-electron chi connectivity index (χ3n) is 7.51. The Morgan fingerprint density at radius 3 is 2.29 bits per heavy atom. The van der Waals surface area contributed by atoms with Crippen molar-refractivity contribution in [1.29, 1.82) is 0 Å². The maximum atomic E-state index is 13.5. The Hall–Kier alpha value is -2.14. The van der Waals surface area contributed by atoms with Gasteiger partial charge in [0.1, 0.15) is 0 Å². The molecule has 4 fully saturated rings. The van der Waals surface area contributed by atoms with Crippen LogP contribution in [0.25, 0.3) is 0 Å². The second-order valence-corrected chi connectivity index (χ2v) is 11.6. The minimum atomic E-state index is -0.312. The van der Waals surface area contributed by atoms with E-state index >= 15 is 0 Å². The molecular formula is C26H29BrN2O2. The zero-order valence-electron chi connectivity index (χ0n) is 17.9. The van der Waals surface area contributed by atoms with Gasteiger partial charge in [0.15, 0.2) is 0 Å². The first-order valence-electron chi connectivity index (χ1n) is 11.4. The molecule has 4 aliphatic carbocycles. The van der Waals surface area contributed by atoms with Crippen LogP contribution >= 0.6 is 15.9 Å². The number of halogens is 1. The summed E-state index contributed by atoms with van der Waals surface area (Å²) >= 11 is 3.99. The highest BCUT2D eigenvalue weighted by Gasteiger charge is 2.59. The van der Waals surface area contributed by atoms with Gasteiger partial charge in [0.05, 0.1) is 16.7 Å². The molecule has 4 saturated carbocycles. The lowest BCUT2D eigenvalue weighted by Crippen LogP contribution is -2.57. The fraction of sp³-hybridized carbons (Fsp3) is 0.462. The van der Waals surface area contributed by atoms with Gasteiger partial charge in [-0.25, -0.2) is 0 Å². The van der Waals surface area contributed by atoms with E-state index in [1.54, 1.807) is 6.07 Å². The fourth-order valence-corrected chi connectivity index (χ4v) is 7.94. The Labute approximate surface area is 192 Å². The lowest BCUT2D eigenvalue weighted by atomic mass is 9.49. The summed E-state index contributed by atoms with van der Waals surface area (Å²) in [7, 11) is 0. The number of benzene rings is 2. The largest absolute Gasteiger partial charge is 0.325 e. The summed E-state index contributed by atoms with van der Waals surface area (Å²) in [5.74, 6) is 1.15. The van der Waals surface area contributed by atoms with Gasteiger partial charge in [-0.2, -0.15) is 0 Å². The van der Waals surface area contributed by atoms with Crippen molar-refractivity contribution in [3.05, 3.63) is 59.7 Å². The van der Waals surface area contributed by atoms with Gasteiger partial charge in [0.2, 0.25) is 5.91 Å². The van der Waals surface area contributed by atoms with Crippen molar-refractivity contribution in [3.63, 3.8) is 0 Å². The molecule has 0 spiro atoms. The van der Waals surface area contributed by atoms with Gasteiger partial charge < -0.3 is 10.6 Å². The van der Waals surface area contributed by atoms with Crippen LogP contribution in [0.2, 0.25) is 0 Å². The van der Waals surface area contributed by atoms with Crippen LogP contribution in [0.15, 0.2) is 48.5 Å². The number of aryl methyl sites for hydroxylation is 1. The summed E-state index contributed by atoms with van der Waals surface area (Å²) in [6, 6.07) is 15.2. The second-order valence-electron chi connectivity index (χ2n) is 9.90. The first kappa shape index (κ1) is 20.7. The first-order valence-corrected chi connectivity index (χ1v) is 12.2. The van der Waals surface area contributed by atoms with E-state index in [2.05, 4.69) is 33.5 Å². The van der Waals surface area contributed by atoms with Gasteiger partial charge in [0, 0.05) is 10.0 Å². The molecule has 2 atom stereocenters. The zero-order valence-corrected chi connectivity index (χ0v) is 19.5. The summed E-state index contributed by atoms with van der Waals surface area (Å²) in [6.07, 6.45) is 7.45. The van der Waals surface area contributed by atoms with Gasteiger partial charge in [0.25, 0.3) is 5.91 Å². The molecule has 31 heavy (non-hydrogen) atoms. The summed E-state index contributed by atoms with van der Waals surface area (Å²) < 4.78 is 0.121. The first-order chi connectivity index (χ1) is 14.9. The van der Waals surface area contributed by atoms with E-state index < -0.39 is 0 Å². The lowest BCUT2D eigenvalue weighted by molar-refractivity contribution is -0.138. The smallest absolute Gasteiger partial charge is 0.257 e. The SMILES string of the molecule is CCc1ccc(NC(=O)c2ccccc2NC(=O)C23C[C@@H]4C[C@H](CC(Br)(C4)C2)C3)cc1. The van der Waals surface area contributed by atoms with Crippen LogP contribution in [0, 0.1) is 17.3 Å². The van der Waals surface area contributed by atoms with Crippen molar-refractivity contribution >= 4 is 39.1 Å². The topological polar surface area (TPSA) is 58.2 Å². The number of carbonyl (C=O) groups is 2. The Balaban J connectivity index is 1.34. The van der Waals surface area contributed by atoms with Crippen molar-refractivity contribution in [1.82, 2.24) is 0 Å². The Morgan fingerprint density at radius 1 is 0.968 bits per heavy atom. The standard InChI is InChI=1S/C26H29BrN2O2/c1-2-17-7-9-20(10-8-17)28-23(30)21-5-3-4-6-22(21)29-24(31)25-12-18-11-19(13-25)15-26(27,14-18)16-25/h3-10,18-19H,2,11-16H2,1H3,(H,28,30)(H,29,31)/t18-,19-,25?,26?/m0/s1. The molecule has 5 heteroatoms. The molecule has 0 heterocycles. The van der Waals surface area contributed by atoms with Gasteiger partial charge in [-0.05, 0) is 86.6 Å². The Bertz CT molecular complexity index is 1000. The lowest BCUT2D eigenvalue weighted by Gasteiger charge is -2.59. The number of amides is 2. The average Bonchev–Trinajstić information content (AvgIpc) is 2.73. The summed E-state index contributed by atoms with van der Waals surface area (Å²) in [4.78, 5) is 26.5. The van der Waals surface area contributed by atoms with Crippen LogP contribution in [-0.2, 0) is 11.2 Å². The van der Waals surface area contributed by atoms with E-state index in [1.165, 1.54) is 24.8 Å². The molecule has 2 N–H and O–H groups in total. The van der Waals surface area contributed by atoms with Crippen LogP contribution in [0.5, 0.6) is 0 Å². The molecule has 0 aliphatic heterocycles. The molecule has 0 unspecified atom stereocenters. The normalized spacial score (nSPS) is 30.8. The minimum absolute atomic E-state index is 0.0815. The summed E-state index contributed by atoms with van der Waals surface area (Å²) in [6.45, 7) is 2.10. The number of hydrogen-bond acceptors (Lipinski definition) is 2. The maximum absolute atomic E-state index is 13.5. The van der Waals surface area contributed by atoms with Gasteiger partial charge >= 0.3 is 0 Å². The number of rotatable bonds is 5. The molecule has 2 aromatic rings. The Kier molecular flexibility index (Phi) is 5.20. The predicted molar refractivity (Wildman–Crippen MR) is 128 cm³/mol. The number of carbonyl (C=O) groups excluding carboxylic acids is 2. The zero-order chi connectivity index (χ0) is 21.6. The molecule has 162 valence electrons. The van der Waals surface area contributed by atoms with E-state index in [-0.39, 0.29) is 21.6 Å². The molecule has 0 saturated heterocycles.